The Morgan fingerprint density at radius 1 is 1.39 bits per heavy atom. The van der Waals surface area contributed by atoms with Crippen LogP contribution in [-0.4, -0.2) is 21.6 Å². The third kappa shape index (κ3) is 3.29. The van der Waals surface area contributed by atoms with Crippen molar-refractivity contribution in [3.05, 3.63) is 22.2 Å². The second-order valence-corrected chi connectivity index (χ2v) is 6.29. The highest BCUT2D eigenvalue weighted by Crippen LogP contribution is 2.37. The largest absolute Gasteiger partial charge is 0.494 e. The Hall–Kier alpha value is -0.490. The van der Waals surface area contributed by atoms with Gasteiger partial charge in [0.2, 0.25) is 10.0 Å². The fraction of sp³-hybridized carbons (Fsp3) is 0.455. The lowest BCUT2D eigenvalue weighted by atomic mass is 10.3. The Bertz CT molecular complexity index is 531. The van der Waals surface area contributed by atoms with Gasteiger partial charge >= 0.3 is 0 Å². The normalized spacial score (nSPS) is 13.4. The van der Waals surface area contributed by atoms with E-state index in [1.54, 1.807) is 6.92 Å². The van der Waals surface area contributed by atoms with Crippen LogP contribution in [0.5, 0.6) is 5.75 Å². The van der Waals surface area contributed by atoms with Crippen LogP contribution >= 0.6 is 23.2 Å². The van der Waals surface area contributed by atoms with Crippen molar-refractivity contribution in [2.24, 2.45) is 0 Å². The van der Waals surface area contributed by atoms with E-state index in [2.05, 4.69) is 4.72 Å². The monoisotopic (exact) mass is 311 g/mol. The van der Waals surface area contributed by atoms with Gasteiger partial charge in [-0.1, -0.05) is 30.1 Å². The minimum atomic E-state index is -3.67. The van der Waals surface area contributed by atoms with Crippen LogP contribution in [0.3, 0.4) is 0 Å². The van der Waals surface area contributed by atoms with E-state index < -0.39 is 10.0 Å². The lowest BCUT2D eigenvalue weighted by Crippen LogP contribution is -2.32. The molecule has 0 radical (unpaired) electrons. The summed E-state index contributed by atoms with van der Waals surface area (Å²) in [7, 11) is -2.32. The topological polar surface area (TPSA) is 55.4 Å². The van der Waals surface area contributed by atoms with Gasteiger partial charge in [-0.05, 0) is 25.5 Å². The minimum Gasteiger partial charge on any atom is -0.494 e. The van der Waals surface area contributed by atoms with Gasteiger partial charge in [-0.3, -0.25) is 0 Å². The maximum absolute atomic E-state index is 12.2. The van der Waals surface area contributed by atoms with E-state index in [1.165, 1.54) is 19.2 Å². The average Bonchev–Trinajstić information content (AvgIpc) is 2.31. The molecule has 4 nitrogen and oxygen atoms in total. The third-order valence-corrected chi connectivity index (χ3v) is 4.88. The zero-order valence-corrected chi connectivity index (χ0v) is 12.7. The SMILES string of the molecule is CC[C@H](C)NS(=O)(=O)c1ccc(Cl)c(Cl)c1OC. The molecule has 0 aliphatic heterocycles. The summed E-state index contributed by atoms with van der Waals surface area (Å²) >= 11 is 11.7. The van der Waals surface area contributed by atoms with Gasteiger partial charge in [0.25, 0.3) is 0 Å². The summed E-state index contributed by atoms with van der Waals surface area (Å²) in [5.74, 6) is 0.0555. The number of ether oxygens (including phenoxy) is 1. The predicted molar refractivity (Wildman–Crippen MR) is 73.1 cm³/mol. The molecule has 0 aliphatic carbocycles. The van der Waals surface area contributed by atoms with Crippen molar-refractivity contribution in [1.29, 1.82) is 0 Å². The van der Waals surface area contributed by atoms with Crippen molar-refractivity contribution in [1.82, 2.24) is 4.72 Å². The number of sulfonamides is 1. The first-order valence-electron chi connectivity index (χ1n) is 5.37. The second-order valence-electron chi connectivity index (χ2n) is 3.82. The van der Waals surface area contributed by atoms with Gasteiger partial charge in [-0.25, -0.2) is 13.1 Å². The van der Waals surface area contributed by atoms with Crippen molar-refractivity contribution in [2.45, 2.75) is 31.2 Å². The summed E-state index contributed by atoms with van der Waals surface area (Å²) in [6.07, 6.45) is 0.683. The number of benzene rings is 1. The van der Waals surface area contributed by atoms with E-state index >= 15 is 0 Å². The van der Waals surface area contributed by atoms with Crippen LogP contribution in [0.2, 0.25) is 10.0 Å². The van der Waals surface area contributed by atoms with Crippen molar-refractivity contribution in [2.75, 3.05) is 7.11 Å². The van der Waals surface area contributed by atoms with E-state index in [-0.39, 0.29) is 26.7 Å². The number of hydrogen-bond acceptors (Lipinski definition) is 3. The molecule has 1 aromatic carbocycles. The average molecular weight is 312 g/mol. The van der Waals surface area contributed by atoms with Crippen LogP contribution in [-0.2, 0) is 10.0 Å². The van der Waals surface area contributed by atoms with Crippen LogP contribution in [0.25, 0.3) is 0 Å². The summed E-state index contributed by atoms with van der Waals surface area (Å²) in [5, 5.41) is 0.335. The maximum atomic E-state index is 12.2. The molecule has 0 saturated heterocycles. The van der Waals surface area contributed by atoms with Crippen molar-refractivity contribution < 1.29 is 13.2 Å². The van der Waals surface area contributed by atoms with Crippen LogP contribution in [0.4, 0.5) is 0 Å². The fourth-order valence-electron chi connectivity index (χ4n) is 1.33. The lowest BCUT2D eigenvalue weighted by molar-refractivity contribution is 0.402. The van der Waals surface area contributed by atoms with Crippen LogP contribution in [0, 0.1) is 0 Å². The first-order valence-corrected chi connectivity index (χ1v) is 7.61. The highest BCUT2D eigenvalue weighted by atomic mass is 35.5. The standard InChI is InChI=1S/C11H15Cl2NO3S/c1-4-7(2)14-18(15,16)9-6-5-8(12)10(13)11(9)17-3/h5-7,14H,4H2,1-3H3/t7-/m0/s1. The fourth-order valence-corrected chi connectivity index (χ4v) is 3.27. The highest BCUT2D eigenvalue weighted by Gasteiger charge is 2.24. The molecule has 7 heteroatoms. The summed E-state index contributed by atoms with van der Waals surface area (Å²) in [5.41, 5.74) is 0. The van der Waals surface area contributed by atoms with E-state index in [0.717, 1.165) is 0 Å². The van der Waals surface area contributed by atoms with Crippen molar-refractivity contribution >= 4 is 33.2 Å². The van der Waals surface area contributed by atoms with Crippen molar-refractivity contribution in [3.63, 3.8) is 0 Å². The molecule has 0 spiro atoms. The highest BCUT2D eigenvalue weighted by molar-refractivity contribution is 7.89. The van der Waals surface area contributed by atoms with Gasteiger partial charge in [-0.15, -0.1) is 0 Å². The van der Waals surface area contributed by atoms with Gasteiger partial charge in [-0.2, -0.15) is 0 Å². The number of hydrogen-bond donors (Lipinski definition) is 1. The van der Waals surface area contributed by atoms with Gasteiger partial charge < -0.3 is 4.74 Å². The van der Waals surface area contributed by atoms with Crippen LogP contribution < -0.4 is 9.46 Å². The van der Waals surface area contributed by atoms with Crippen molar-refractivity contribution in [3.8, 4) is 5.75 Å². The Kier molecular flexibility index (Phi) is 5.28. The molecule has 0 heterocycles. The summed E-state index contributed by atoms with van der Waals surface area (Å²) in [6, 6.07) is 2.63. The molecular weight excluding hydrogens is 297 g/mol. The molecule has 0 fully saturated rings. The summed E-state index contributed by atoms with van der Waals surface area (Å²) in [4.78, 5) is -0.0142. The molecule has 0 aliphatic rings. The van der Waals surface area contributed by atoms with Gasteiger partial charge in [0.15, 0.2) is 5.75 Å². The Morgan fingerprint density at radius 3 is 2.50 bits per heavy atom. The predicted octanol–water partition coefficient (Wildman–Crippen LogP) is 3.08. The van der Waals surface area contributed by atoms with Gasteiger partial charge in [0, 0.05) is 6.04 Å². The van der Waals surface area contributed by atoms with E-state index in [9.17, 15) is 8.42 Å². The molecule has 0 bridgehead atoms. The Balaban J connectivity index is 3.29. The van der Waals surface area contributed by atoms with Gasteiger partial charge in [0.1, 0.15) is 9.92 Å². The smallest absolute Gasteiger partial charge is 0.244 e. The zero-order chi connectivity index (χ0) is 13.9. The van der Waals surface area contributed by atoms with E-state index in [1.807, 2.05) is 6.92 Å². The molecule has 0 saturated carbocycles. The molecule has 18 heavy (non-hydrogen) atoms. The van der Waals surface area contributed by atoms with E-state index in [4.69, 9.17) is 27.9 Å². The quantitative estimate of drug-likeness (QED) is 0.909. The second kappa shape index (κ2) is 6.10. The molecule has 0 amide bonds. The zero-order valence-electron chi connectivity index (χ0n) is 10.3. The Morgan fingerprint density at radius 2 is 2.00 bits per heavy atom. The molecular formula is C11H15Cl2NO3S. The van der Waals surface area contributed by atoms with Gasteiger partial charge in [0.05, 0.1) is 12.1 Å². The maximum Gasteiger partial charge on any atom is 0.244 e. The molecule has 1 aromatic rings. The van der Waals surface area contributed by atoms with Crippen LogP contribution in [0.1, 0.15) is 20.3 Å². The number of halogens is 2. The number of nitrogens with one attached hydrogen (secondary N) is 1. The van der Waals surface area contributed by atoms with Crippen LogP contribution in [0.15, 0.2) is 17.0 Å². The van der Waals surface area contributed by atoms with E-state index in [0.29, 0.717) is 6.42 Å². The first-order chi connectivity index (χ1) is 8.33. The molecule has 1 N–H and O–H groups in total. The third-order valence-electron chi connectivity index (χ3n) is 2.48. The molecule has 1 atom stereocenters. The lowest BCUT2D eigenvalue weighted by Gasteiger charge is -2.15. The molecule has 0 unspecified atom stereocenters. The summed E-state index contributed by atoms with van der Waals surface area (Å²) in [6.45, 7) is 3.67. The molecule has 0 aromatic heterocycles. The molecule has 1 rings (SSSR count). The minimum absolute atomic E-state index is 0.0142. The summed E-state index contributed by atoms with van der Waals surface area (Å²) < 4.78 is 31.9. The molecule has 102 valence electrons. The number of methoxy groups -OCH3 is 1. The number of rotatable bonds is 5. The first kappa shape index (κ1) is 15.6. The Labute approximate surface area is 117 Å².